The van der Waals surface area contributed by atoms with Gasteiger partial charge in [0.15, 0.2) is 0 Å². The monoisotopic (exact) mass is 241 g/mol. The molecule has 0 atom stereocenters. The zero-order chi connectivity index (χ0) is 12.7. The smallest absolute Gasteiger partial charge is 0.227 e. The second-order valence-corrected chi connectivity index (χ2v) is 3.28. The fourth-order valence-electron chi connectivity index (χ4n) is 1.17. The Morgan fingerprint density at radius 1 is 1.59 bits per heavy atom. The van der Waals surface area contributed by atoms with Gasteiger partial charge in [0, 0.05) is 12.6 Å². The molecule has 6 heteroatoms. The van der Waals surface area contributed by atoms with Crippen LogP contribution >= 0.6 is 0 Å². The fourth-order valence-corrected chi connectivity index (χ4v) is 1.17. The van der Waals surface area contributed by atoms with Gasteiger partial charge in [0.05, 0.1) is 13.0 Å². The first kappa shape index (κ1) is 13.2. The molecule has 17 heavy (non-hydrogen) atoms. The van der Waals surface area contributed by atoms with E-state index in [1.54, 1.807) is 0 Å². The Labute approximate surface area is 98.2 Å². The van der Waals surface area contributed by atoms with Crippen molar-refractivity contribution in [3.05, 3.63) is 28.3 Å². The zero-order valence-corrected chi connectivity index (χ0v) is 9.56. The largest absolute Gasteiger partial charge is 0.486 e. The summed E-state index contributed by atoms with van der Waals surface area (Å²) in [7, 11) is 0. The second kappa shape index (κ2) is 6.70. The third-order valence-electron chi connectivity index (χ3n) is 1.97. The van der Waals surface area contributed by atoms with E-state index in [9.17, 15) is 9.59 Å². The highest BCUT2D eigenvalue weighted by Crippen LogP contribution is 2.05. The molecule has 0 fully saturated rings. The molecule has 1 rings (SSSR count). The topological polar surface area (TPSA) is 88.8 Å². The van der Waals surface area contributed by atoms with Gasteiger partial charge in [-0.15, -0.1) is 0 Å². The van der Waals surface area contributed by atoms with Crippen LogP contribution in [0.25, 0.3) is 0 Å². The number of amides is 1. The molecule has 0 spiro atoms. The van der Waals surface area contributed by atoms with Crippen molar-refractivity contribution in [3.63, 3.8) is 0 Å². The molecule has 0 aliphatic heterocycles. The lowest BCUT2D eigenvalue weighted by molar-refractivity contribution is -0.121. The molecule has 1 aromatic rings. The Hall–Kier alpha value is -1.82. The summed E-state index contributed by atoms with van der Waals surface area (Å²) in [5.41, 5.74) is -0.379. The quantitative estimate of drug-likeness (QED) is 0.734. The highest BCUT2D eigenvalue weighted by Gasteiger charge is 2.05. The van der Waals surface area contributed by atoms with Crippen molar-refractivity contribution in [1.82, 2.24) is 5.32 Å². The summed E-state index contributed by atoms with van der Waals surface area (Å²) < 4.78 is 10.0. The van der Waals surface area contributed by atoms with E-state index in [1.165, 1.54) is 0 Å². The number of aliphatic hydroxyl groups is 1. The number of ether oxygens (including phenoxy) is 1. The van der Waals surface area contributed by atoms with Gasteiger partial charge in [0.1, 0.15) is 18.6 Å². The van der Waals surface area contributed by atoms with Crippen molar-refractivity contribution in [2.75, 3.05) is 13.2 Å². The van der Waals surface area contributed by atoms with Crippen LogP contribution in [0.4, 0.5) is 0 Å². The Kier molecular flexibility index (Phi) is 5.22. The summed E-state index contributed by atoms with van der Waals surface area (Å²) in [5, 5.41) is 11.3. The molecule has 1 amide bonds. The molecule has 94 valence electrons. The molecule has 0 aromatic carbocycles. The van der Waals surface area contributed by atoms with Crippen molar-refractivity contribution in [2.24, 2.45) is 0 Å². The minimum Gasteiger partial charge on any atom is -0.486 e. The van der Waals surface area contributed by atoms with E-state index in [0.717, 1.165) is 12.3 Å². The summed E-state index contributed by atoms with van der Waals surface area (Å²) in [6.07, 6.45) is 1.31. The molecule has 2 N–H and O–H groups in total. The van der Waals surface area contributed by atoms with Crippen molar-refractivity contribution in [3.8, 4) is 5.75 Å². The summed E-state index contributed by atoms with van der Waals surface area (Å²) in [6, 6.07) is 1.15. The van der Waals surface area contributed by atoms with Crippen molar-refractivity contribution < 1.29 is 19.1 Å². The van der Waals surface area contributed by atoms with E-state index in [4.69, 9.17) is 14.3 Å². The van der Waals surface area contributed by atoms with E-state index in [-0.39, 0.29) is 42.5 Å². The maximum absolute atomic E-state index is 11.4. The molecule has 0 saturated carbocycles. The van der Waals surface area contributed by atoms with Crippen LogP contribution < -0.4 is 15.5 Å². The number of carbonyl (C=O) groups excluding carboxylic acids is 1. The summed E-state index contributed by atoms with van der Waals surface area (Å²) in [6.45, 7) is 2.15. The Morgan fingerprint density at radius 2 is 2.35 bits per heavy atom. The van der Waals surface area contributed by atoms with Crippen molar-refractivity contribution >= 4 is 5.91 Å². The molecule has 0 radical (unpaired) electrons. The average Bonchev–Trinajstić information content (AvgIpc) is 2.31. The van der Waals surface area contributed by atoms with Gasteiger partial charge in [-0.2, -0.15) is 0 Å². The zero-order valence-electron chi connectivity index (χ0n) is 9.56. The van der Waals surface area contributed by atoms with Crippen molar-refractivity contribution in [2.45, 2.75) is 20.0 Å². The number of rotatable bonds is 6. The van der Waals surface area contributed by atoms with Gasteiger partial charge >= 0.3 is 0 Å². The Balaban J connectivity index is 2.47. The molecule has 1 heterocycles. The first-order valence-electron chi connectivity index (χ1n) is 5.29. The van der Waals surface area contributed by atoms with Gasteiger partial charge in [0.2, 0.25) is 17.1 Å². The first-order chi connectivity index (χ1) is 8.17. The van der Waals surface area contributed by atoms with Crippen LogP contribution in [-0.4, -0.2) is 24.2 Å². The third-order valence-corrected chi connectivity index (χ3v) is 1.97. The SMILES string of the molecule is CCNC(=O)CCOc1coc(CO)cc1=O. The lowest BCUT2D eigenvalue weighted by Gasteiger charge is -2.05. The first-order valence-corrected chi connectivity index (χ1v) is 5.29. The van der Waals surface area contributed by atoms with Crippen LogP contribution in [0.5, 0.6) is 5.75 Å². The highest BCUT2D eigenvalue weighted by molar-refractivity contribution is 5.75. The van der Waals surface area contributed by atoms with Crippen molar-refractivity contribution in [1.29, 1.82) is 0 Å². The van der Waals surface area contributed by atoms with Crippen LogP contribution in [0.3, 0.4) is 0 Å². The standard InChI is InChI=1S/C11H15NO5/c1-2-12-11(15)3-4-16-10-7-17-8(6-13)5-9(10)14/h5,7,13H,2-4,6H2,1H3,(H,12,15). The minimum absolute atomic E-state index is 0.0338. The van der Waals surface area contributed by atoms with Gasteiger partial charge in [-0.05, 0) is 6.92 Å². The summed E-state index contributed by atoms with van der Waals surface area (Å²) >= 11 is 0. The predicted octanol–water partition coefficient (Wildman–Crippen LogP) is 0.0371. The highest BCUT2D eigenvalue weighted by atomic mass is 16.5. The summed E-state index contributed by atoms with van der Waals surface area (Å²) in [5.74, 6) is 0.0708. The predicted molar refractivity (Wildman–Crippen MR) is 59.7 cm³/mol. The van der Waals surface area contributed by atoms with Gasteiger partial charge in [0.25, 0.3) is 0 Å². The Morgan fingerprint density at radius 3 is 2.94 bits per heavy atom. The number of carbonyl (C=O) groups is 1. The molecular formula is C11H15NO5. The van der Waals surface area contributed by atoms with Gasteiger partial charge in [-0.1, -0.05) is 0 Å². The third kappa shape index (κ3) is 4.28. The Bertz CT molecular complexity index is 426. The normalized spacial score (nSPS) is 10.0. The van der Waals surface area contributed by atoms with Gasteiger partial charge in [-0.3, -0.25) is 9.59 Å². The summed E-state index contributed by atoms with van der Waals surface area (Å²) in [4.78, 5) is 22.5. The lowest BCUT2D eigenvalue weighted by Crippen LogP contribution is -2.24. The molecule has 0 saturated heterocycles. The van der Waals surface area contributed by atoms with E-state index >= 15 is 0 Å². The van der Waals surface area contributed by atoms with Crippen LogP contribution in [0.2, 0.25) is 0 Å². The molecule has 0 bridgehead atoms. The number of hydrogen-bond donors (Lipinski definition) is 2. The van der Waals surface area contributed by atoms with E-state index in [0.29, 0.717) is 6.54 Å². The molecule has 0 aliphatic rings. The minimum atomic E-state index is -0.379. The molecule has 0 unspecified atom stereocenters. The molecule has 0 aliphatic carbocycles. The van der Waals surface area contributed by atoms with Gasteiger partial charge < -0.3 is 19.6 Å². The lowest BCUT2D eigenvalue weighted by atomic mass is 10.4. The average molecular weight is 241 g/mol. The number of hydrogen-bond acceptors (Lipinski definition) is 5. The fraction of sp³-hybridized carbons (Fsp3) is 0.455. The molecular weight excluding hydrogens is 226 g/mol. The van der Waals surface area contributed by atoms with Crippen LogP contribution in [-0.2, 0) is 11.4 Å². The maximum Gasteiger partial charge on any atom is 0.227 e. The van der Waals surface area contributed by atoms with Crippen LogP contribution in [0.15, 0.2) is 21.5 Å². The van der Waals surface area contributed by atoms with E-state index in [1.807, 2.05) is 6.92 Å². The number of nitrogens with one attached hydrogen (secondary N) is 1. The van der Waals surface area contributed by atoms with Crippen LogP contribution in [0.1, 0.15) is 19.1 Å². The van der Waals surface area contributed by atoms with Crippen LogP contribution in [0, 0.1) is 0 Å². The maximum atomic E-state index is 11.4. The molecule has 6 nitrogen and oxygen atoms in total. The van der Waals surface area contributed by atoms with E-state index < -0.39 is 0 Å². The second-order valence-electron chi connectivity index (χ2n) is 3.28. The van der Waals surface area contributed by atoms with E-state index in [2.05, 4.69) is 5.32 Å². The molecule has 1 aromatic heterocycles. The number of aliphatic hydroxyl groups excluding tert-OH is 1. The van der Waals surface area contributed by atoms with Gasteiger partial charge in [-0.25, -0.2) is 0 Å².